The molecule has 2 aliphatic rings. The molecule has 0 aromatic heterocycles. The number of ketones is 1. The lowest BCUT2D eigenvalue weighted by atomic mass is 9.85. The number of esters is 1. The smallest absolute Gasteiger partial charge is 0.335 e. The first-order chi connectivity index (χ1) is 17.2. The summed E-state index contributed by atoms with van der Waals surface area (Å²) in [5.74, 6) is -1.74. The molecule has 0 aromatic carbocycles. The van der Waals surface area contributed by atoms with E-state index in [1.54, 1.807) is 0 Å². The van der Waals surface area contributed by atoms with E-state index in [-0.39, 0.29) is 43.7 Å². The highest BCUT2D eigenvalue weighted by Gasteiger charge is 2.47. The Hall–Kier alpha value is -1.63. The molecule has 0 aromatic rings. The van der Waals surface area contributed by atoms with Crippen molar-refractivity contribution < 1.29 is 54.1 Å². The number of rotatable bonds is 16. The van der Waals surface area contributed by atoms with E-state index in [1.165, 1.54) is 0 Å². The number of aliphatic hydroxyl groups excluding tert-OH is 4. The van der Waals surface area contributed by atoms with Gasteiger partial charge in [-0.3, -0.25) is 9.59 Å². The third-order valence-corrected chi connectivity index (χ3v) is 7.06. The van der Waals surface area contributed by atoms with Gasteiger partial charge in [0.1, 0.15) is 30.7 Å². The van der Waals surface area contributed by atoms with E-state index in [0.29, 0.717) is 6.42 Å². The molecule has 1 aliphatic heterocycles. The molecule has 0 radical (unpaired) electrons. The average Bonchev–Trinajstić information content (AvgIpc) is 3.10. The van der Waals surface area contributed by atoms with Crippen molar-refractivity contribution in [3.05, 3.63) is 0 Å². The molecular weight excluding hydrogens is 476 g/mol. The summed E-state index contributed by atoms with van der Waals surface area (Å²) in [4.78, 5) is 35.2. The van der Waals surface area contributed by atoms with Gasteiger partial charge in [0.15, 0.2) is 12.4 Å². The zero-order valence-corrected chi connectivity index (χ0v) is 21.0. The minimum atomic E-state index is -1.80. The summed E-state index contributed by atoms with van der Waals surface area (Å²) >= 11 is 0. The SMILES string of the molecule is CCCCCC1C(O)CC(=O)C1CCCCCCC(=O)OCCOC1O[C@H](C(=O)O)[C@@H](O)[C@H](O)[C@H]1O. The molecule has 1 saturated heterocycles. The highest BCUT2D eigenvalue weighted by molar-refractivity contribution is 5.84. The van der Waals surface area contributed by atoms with Crippen molar-refractivity contribution in [3.8, 4) is 0 Å². The van der Waals surface area contributed by atoms with E-state index in [0.717, 1.165) is 51.4 Å². The van der Waals surface area contributed by atoms with Crippen LogP contribution in [-0.4, -0.2) is 93.3 Å². The molecule has 5 N–H and O–H groups in total. The van der Waals surface area contributed by atoms with Crippen LogP contribution in [0.3, 0.4) is 0 Å². The fourth-order valence-corrected chi connectivity index (χ4v) is 4.98. The van der Waals surface area contributed by atoms with Crippen LogP contribution in [0.25, 0.3) is 0 Å². The van der Waals surface area contributed by atoms with Gasteiger partial charge in [-0.25, -0.2) is 4.79 Å². The maximum absolute atomic E-state index is 12.3. The number of aliphatic hydroxyl groups is 4. The Morgan fingerprint density at radius 3 is 2.31 bits per heavy atom. The lowest BCUT2D eigenvalue weighted by Gasteiger charge is -2.38. The second-order valence-corrected chi connectivity index (χ2v) is 9.78. The van der Waals surface area contributed by atoms with Crippen molar-refractivity contribution in [2.24, 2.45) is 11.8 Å². The zero-order valence-electron chi connectivity index (χ0n) is 21.0. The summed E-state index contributed by atoms with van der Waals surface area (Å²) < 4.78 is 15.2. The molecule has 11 nitrogen and oxygen atoms in total. The van der Waals surface area contributed by atoms with Gasteiger partial charge < -0.3 is 39.7 Å². The summed E-state index contributed by atoms with van der Waals surface area (Å²) in [7, 11) is 0. The van der Waals surface area contributed by atoms with Crippen molar-refractivity contribution in [2.45, 2.75) is 114 Å². The molecule has 4 unspecified atom stereocenters. The van der Waals surface area contributed by atoms with E-state index in [2.05, 4.69) is 6.92 Å². The van der Waals surface area contributed by atoms with Crippen molar-refractivity contribution in [2.75, 3.05) is 13.2 Å². The van der Waals surface area contributed by atoms with Crippen molar-refractivity contribution >= 4 is 17.7 Å². The third-order valence-electron chi connectivity index (χ3n) is 7.06. The van der Waals surface area contributed by atoms with Gasteiger partial charge in [0.2, 0.25) is 0 Å². The number of ether oxygens (including phenoxy) is 3. The van der Waals surface area contributed by atoms with Crippen LogP contribution in [0.1, 0.15) is 77.6 Å². The fourth-order valence-electron chi connectivity index (χ4n) is 4.98. The van der Waals surface area contributed by atoms with Crippen molar-refractivity contribution in [1.29, 1.82) is 0 Å². The first-order valence-corrected chi connectivity index (χ1v) is 13.1. The lowest BCUT2D eigenvalue weighted by Crippen LogP contribution is -2.60. The topological polar surface area (TPSA) is 180 Å². The molecule has 2 fully saturated rings. The minimum absolute atomic E-state index is 0.0522. The zero-order chi connectivity index (χ0) is 26.7. The fraction of sp³-hybridized carbons (Fsp3) is 0.880. The first-order valence-electron chi connectivity index (χ1n) is 13.1. The molecule has 2 rings (SSSR count). The van der Waals surface area contributed by atoms with Crippen LogP contribution >= 0.6 is 0 Å². The number of carbonyl (C=O) groups excluding carboxylic acids is 2. The number of hydrogen-bond acceptors (Lipinski definition) is 10. The van der Waals surface area contributed by atoms with Gasteiger partial charge in [0.05, 0.1) is 12.7 Å². The number of unbranched alkanes of at least 4 members (excludes halogenated alkanes) is 5. The summed E-state index contributed by atoms with van der Waals surface area (Å²) in [5, 5.41) is 48.5. The minimum Gasteiger partial charge on any atom is -0.479 e. The number of carboxylic acid groups (broad SMARTS) is 1. The van der Waals surface area contributed by atoms with Gasteiger partial charge in [0.25, 0.3) is 0 Å². The number of carbonyl (C=O) groups is 3. The Labute approximate surface area is 211 Å². The van der Waals surface area contributed by atoms with Gasteiger partial charge in [-0.05, 0) is 25.2 Å². The van der Waals surface area contributed by atoms with E-state index >= 15 is 0 Å². The molecule has 1 aliphatic carbocycles. The normalized spacial score (nSPS) is 32.5. The van der Waals surface area contributed by atoms with E-state index in [1.807, 2.05) is 0 Å². The molecular formula is C25H42O11. The molecule has 8 atom stereocenters. The van der Waals surface area contributed by atoms with E-state index in [9.17, 15) is 34.8 Å². The van der Waals surface area contributed by atoms with Crippen LogP contribution < -0.4 is 0 Å². The highest BCUT2D eigenvalue weighted by Crippen LogP contribution is 2.36. The highest BCUT2D eigenvalue weighted by atomic mass is 16.7. The number of aliphatic carboxylic acids is 1. The molecule has 1 heterocycles. The third kappa shape index (κ3) is 9.04. The maximum Gasteiger partial charge on any atom is 0.335 e. The van der Waals surface area contributed by atoms with Crippen molar-refractivity contribution in [3.63, 3.8) is 0 Å². The summed E-state index contributed by atoms with van der Waals surface area (Å²) in [6, 6.07) is 0. The quantitative estimate of drug-likeness (QED) is 0.145. The monoisotopic (exact) mass is 518 g/mol. The van der Waals surface area contributed by atoms with Gasteiger partial charge >= 0.3 is 11.9 Å². The summed E-state index contributed by atoms with van der Waals surface area (Å²) in [6.45, 7) is 1.79. The molecule has 0 bridgehead atoms. The Morgan fingerprint density at radius 2 is 1.61 bits per heavy atom. The molecule has 36 heavy (non-hydrogen) atoms. The molecule has 0 spiro atoms. The second kappa shape index (κ2) is 15.6. The van der Waals surface area contributed by atoms with Crippen LogP contribution in [0, 0.1) is 11.8 Å². The standard InChI is InChI=1S/C25H42O11/c1-2-3-6-9-15-16(18(27)14-17(15)26)10-7-4-5-8-11-19(28)34-12-13-35-25-22(31)20(29)21(30)23(36-25)24(32)33/h15-17,20-23,25-26,29-31H,2-14H2,1H3,(H,32,33)/t15?,16?,17?,20-,21-,22+,23-,25?/m0/s1. The van der Waals surface area contributed by atoms with Gasteiger partial charge in [0, 0.05) is 18.8 Å². The van der Waals surface area contributed by atoms with Crippen LogP contribution in [0.4, 0.5) is 0 Å². The van der Waals surface area contributed by atoms with E-state index in [4.69, 9.17) is 19.3 Å². The molecule has 1 saturated carbocycles. The number of Topliss-reactive ketones (excluding diaryl/α,β-unsaturated/α-hetero) is 1. The first kappa shape index (κ1) is 30.6. The number of hydrogen-bond donors (Lipinski definition) is 5. The lowest BCUT2D eigenvalue weighted by molar-refractivity contribution is -0.295. The Bertz CT molecular complexity index is 699. The average molecular weight is 519 g/mol. The van der Waals surface area contributed by atoms with Gasteiger partial charge in [-0.2, -0.15) is 0 Å². The van der Waals surface area contributed by atoms with Crippen LogP contribution in [0.5, 0.6) is 0 Å². The predicted molar refractivity (Wildman–Crippen MR) is 126 cm³/mol. The van der Waals surface area contributed by atoms with Gasteiger partial charge in [-0.1, -0.05) is 45.4 Å². The largest absolute Gasteiger partial charge is 0.479 e. The second-order valence-electron chi connectivity index (χ2n) is 9.78. The van der Waals surface area contributed by atoms with E-state index < -0.39 is 48.7 Å². The van der Waals surface area contributed by atoms with Crippen LogP contribution in [0.15, 0.2) is 0 Å². The Morgan fingerprint density at radius 1 is 0.917 bits per heavy atom. The van der Waals surface area contributed by atoms with Gasteiger partial charge in [-0.15, -0.1) is 0 Å². The summed E-state index contributed by atoms with van der Waals surface area (Å²) in [6.07, 6.45) is -0.326. The molecule has 11 heteroatoms. The van der Waals surface area contributed by atoms with Crippen LogP contribution in [0.2, 0.25) is 0 Å². The summed E-state index contributed by atoms with van der Waals surface area (Å²) in [5.41, 5.74) is 0. The Balaban J connectivity index is 1.55. The van der Waals surface area contributed by atoms with Crippen molar-refractivity contribution in [1.82, 2.24) is 0 Å². The number of carboxylic acids is 1. The predicted octanol–water partition coefficient (Wildman–Crippen LogP) is 0.925. The Kier molecular flexibility index (Phi) is 13.2. The molecule has 0 amide bonds. The molecule has 208 valence electrons. The maximum atomic E-state index is 12.3. The van der Waals surface area contributed by atoms with Crippen LogP contribution in [-0.2, 0) is 28.6 Å².